The molecule has 1 N–H and O–H groups in total. The maximum atomic E-state index is 11.8. The minimum atomic E-state index is -0.754. The van der Waals surface area contributed by atoms with Gasteiger partial charge in [0.15, 0.2) is 0 Å². The van der Waals surface area contributed by atoms with Crippen LogP contribution in [0.5, 0.6) is 5.75 Å². The molecule has 2 atom stereocenters. The van der Waals surface area contributed by atoms with E-state index in [4.69, 9.17) is 4.74 Å². The fraction of sp³-hybridized carbons (Fsp3) is 0.350. The van der Waals surface area contributed by atoms with Crippen molar-refractivity contribution in [3.63, 3.8) is 0 Å². The van der Waals surface area contributed by atoms with Crippen molar-refractivity contribution in [3.05, 3.63) is 64.1 Å². The first kappa shape index (κ1) is 18.0. The van der Waals surface area contributed by atoms with Crippen LogP contribution >= 0.6 is 15.9 Å². The van der Waals surface area contributed by atoms with Crippen molar-refractivity contribution in [1.82, 2.24) is 4.90 Å². The molecule has 0 amide bonds. The lowest BCUT2D eigenvalue weighted by Gasteiger charge is -2.32. The van der Waals surface area contributed by atoms with Crippen molar-refractivity contribution in [1.29, 1.82) is 0 Å². The van der Waals surface area contributed by atoms with Crippen LogP contribution in [0.4, 0.5) is 0 Å². The standard InChI is InChI=1S/C20H22BrNO3/c1-2-25-15-8-5-7-14(13-15)19(16-9-3-4-10-17(16)21)22-12-6-11-18(22)20(23)24/h3-5,7-10,13,18-19H,2,6,11-12H2,1H3,(H,23,24). The summed E-state index contributed by atoms with van der Waals surface area (Å²) in [5.74, 6) is 0.0543. The zero-order valence-electron chi connectivity index (χ0n) is 14.2. The number of ether oxygens (including phenoxy) is 1. The minimum absolute atomic E-state index is 0.125. The topological polar surface area (TPSA) is 49.8 Å². The maximum absolute atomic E-state index is 11.8. The highest BCUT2D eigenvalue weighted by molar-refractivity contribution is 9.10. The number of hydrogen-bond acceptors (Lipinski definition) is 3. The second-order valence-corrected chi connectivity index (χ2v) is 7.02. The van der Waals surface area contributed by atoms with Crippen LogP contribution in [0.15, 0.2) is 53.0 Å². The predicted octanol–water partition coefficient (Wildman–Crippen LogP) is 4.49. The van der Waals surface area contributed by atoms with Gasteiger partial charge in [-0.3, -0.25) is 9.69 Å². The van der Waals surface area contributed by atoms with Gasteiger partial charge >= 0.3 is 5.97 Å². The molecular weight excluding hydrogens is 382 g/mol. The molecule has 0 aromatic heterocycles. The molecule has 3 rings (SSSR count). The monoisotopic (exact) mass is 403 g/mol. The first-order valence-corrected chi connectivity index (χ1v) is 9.37. The largest absolute Gasteiger partial charge is 0.494 e. The van der Waals surface area contributed by atoms with E-state index >= 15 is 0 Å². The Bertz CT molecular complexity index is 749. The molecule has 2 unspecified atom stereocenters. The van der Waals surface area contributed by atoms with E-state index in [9.17, 15) is 9.90 Å². The zero-order chi connectivity index (χ0) is 17.8. The van der Waals surface area contributed by atoms with E-state index in [1.807, 2.05) is 49.4 Å². The Morgan fingerprint density at radius 2 is 2.12 bits per heavy atom. The Morgan fingerprint density at radius 3 is 2.84 bits per heavy atom. The molecule has 0 aliphatic carbocycles. The highest BCUT2D eigenvalue weighted by Crippen LogP contribution is 2.38. The van der Waals surface area contributed by atoms with Gasteiger partial charge in [0.05, 0.1) is 12.6 Å². The first-order chi connectivity index (χ1) is 12.1. The highest BCUT2D eigenvalue weighted by Gasteiger charge is 2.37. The van der Waals surface area contributed by atoms with Crippen molar-refractivity contribution >= 4 is 21.9 Å². The van der Waals surface area contributed by atoms with Crippen LogP contribution in [0, 0.1) is 0 Å². The van der Waals surface area contributed by atoms with Gasteiger partial charge in [-0.15, -0.1) is 0 Å². The van der Waals surface area contributed by atoms with Crippen molar-refractivity contribution in [2.24, 2.45) is 0 Å². The van der Waals surface area contributed by atoms with Crippen LogP contribution in [-0.4, -0.2) is 35.2 Å². The second-order valence-electron chi connectivity index (χ2n) is 6.16. The summed E-state index contributed by atoms with van der Waals surface area (Å²) >= 11 is 3.64. The lowest BCUT2D eigenvalue weighted by atomic mass is 9.96. The summed E-state index contributed by atoms with van der Waals surface area (Å²) in [5.41, 5.74) is 2.12. The van der Waals surface area contributed by atoms with E-state index in [-0.39, 0.29) is 6.04 Å². The highest BCUT2D eigenvalue weighted by atomic mass is 79.9. The molecule has 0 bridgehead atoms. The lowest BCUT2D eigenvalue weighted by molar-refractivity contribution is -0.142. The van der Waals surface area contributed by atoms with Crippen LogP contribution < -0.4 is 4.74 Å². The van der Waals surface area contributed by atoms with E-state index in [1.165, 1.54) is 0 Å². The molecule has 4 nitrogen and oxygen atoms in total. The fourth-order valence-electron chi connectivity index (χ4n) is 3.55. The Morgan fingerprint density at radius 1 is 1.32 bits per heavy atom. The molecule has 0 saturated carbocycles. The van der Waals surface area contributed by atoms with Crippen molar-refractivity contribution in [2.45, 2.75) is 31.8 Å². The molecule has 0 radical (unpaired) electrons. The molecule has 2 aromatic rings. The first-order valence-electron chi connectivity index (χ1n) is 8.57. The Balaban J connectivity index is 2.08. The van der Waals surface area contributed by atoms with Crippen LogP contribution in [0.2, 0.25) is 0 Å². The van der Waals surface area contributed by atoms with Crippen LogP contribution in [-0.2, 0) is 4.79 Å². The Hall–Kier alpha value is -1.85. The molecule has 25 heavy (non-hydrogen) atoms. The van der Waals surface area contributed by atoms with Crippen molar-refractivity contribution in [2.75, 3.05) is 13.2 Å². The number of hydrogen-bond donors (Lipinski definition) is 1. The van der Waals surface area contributed by atoms with Crippen LogP contribution in [0.25, 0.3) is 0 Å². The Kier molecular flexibility index (Phi) is 5.76. The summed E-state index contributed by atoms with van der Waals surface area (Å²) in [6.07, 6.45) is 1.57. The summed E-state index contributed by atoms with van der Waals surface area (Å²) in [6, 6.07) is 15.4. The predicted molar refractivity (Wildman–Crippen MR) is 101 cm³/mol. The molecule has 0 spiro atoms. The van der Waals surface area contributed by atoms with Gasteiger partial charge in [-0.1, -0.05) is 46.3 Å². The van der Waals surface area contributed by atoms with Crippen molar-refractivity contribution in [3.8, 4) is 5.75 Å². The smallest absolute Gasteiger partial charge is 0.320 e. The van der Waals surface area contributed by atoms with Gasteiger partial charge in [-0.25, -0.2) is 0 Å². The van der Waals surface area contributed by atoms with E-state index in [2.05, 4.69) is 26.9 Å². The molecular formula is C20H22BrNO3. The molecule has 1 aliphatic rings. The minimum Gasteiger partial charge on any atom is -0.494 e. The number of carbonyl (C=O) groups is 1. The van der Waals surface area contributed by atoms with E-state index < -0.39 is 12.0 Å². The number of benzene rings is 2. The number of halogens is 1. The van der Waals surface area contributed by atoms with E-state index in [0.717, 1.165) is 34.3 Å². The van der Waals surface area contributed by atoms with Gasteiger partial charge in [0.25, 0.3) is 0 Å². The van der Waals surface area contributed by atoms with Crippen LogP contribution in [0.3, 0.4) is 0 Å². The second kappa shape index (κ2) is 8.02. The van der Waals surface area contributed by atoms with Gasteiger partial charge < -0.3 is 9.84 Å². The summed E-state index contributed by atoms with van der Waals surface area (Å²) in [7, 11) is 0. The summed E-state index contributed by atoms with van der Waals surface area (Å²) in [5, 5.41) is 9.66. The molecule has 132 valence electrons. The van der Waals surface area contributed by atoms with Gasteiger partial charge in [-0.2, -0.15) is 0 Å². The Labute approximate surface area is 156 Å². The zero-order valence-corrected chi connectivity index (χ0v) is 15.8. The van der Waals surface area contributed by atoms with Gasteiger partial charge in [0, 0.05) is 11.0 Å². The number of rotatable bonds is 6. The number of carboxylic acid groups (broad SMARTS) is 1. The summed E-state index contributed by atoms with van der Waals surface area (Å²) < 4.78 is 6.64. The van der Waals surface area contributed by atoms with E-state index in [1.54, 1.807) is 0 Å². The number of likely N-dealkylation sites (tertiary alicyclic amines) is 1. The third kappa shape index (κ3) is 3.88. The maximum Gasteiger partial charge on any atom is 0.320 e. The molecule has 1 heterocycles. The molecule has 5 heteroatoms. The van der Waals surface area contributed by atoms with Crippen molar-refractivity contribution < 1.29 is 14.6 Å². The molecule has 1 aliphatic heterocycles. The summed E-state index contributed by atoms with van der Waals surface area (Å²) in [4.78, 5) is 13.8. The average Bonchev–Trinajstić information content (AvgIpc) is 3.07. The number of aliphatic carboxylic acids is 1. The normalized spacial score (nSPS) is 18.9. The van der Waals surface area contributed by atoms with Gasteiger partial charge in [0.2, 0.25) is 0 Å². The third-order valence-electron chi connectivity index (χ3n) is 4.60. The summed E-state index contributed by atoms with van der Waals surface area (Å²) in [6.45, 7) is 3.32. The molecule has 1 saturated heterocycles. The lowest BCUT2D eigenvalue weighted by Crippen LogP contribution is -2.39. The fourth-order valence-corrected chi connectivity index (χ4v) is 4.05. The molecule has 2 aromatic carbocycles. The molecule has 1 fully saturated rings. The van der Waals surface area contributed by atoms with Crippen LogP contribution in [0.1, 0.15) is 36.9 Å². The quantitative estimate of drug-likeness (QED) is 0.771. The number of nitrogens with zero attached hydrogens (tertiary/aromatic N) is 1. The van der Waals surface area contributed by atoms with Gasteiger partial charge in [-0.05, 0) is 49.1 Å². The van der Waals surface area contributed by atoms with E-state index in [0.29, 0.717) is 13.0 Å². The SMILES string of the molecule is CCOc1cccc(C(c2ccccc2Br)N2CCCC2C(=O)O)c1. The number of carboxylic acids is 1. The average molecular weight is 404 g/mol. The van der Waals surface area contributed by atoms with Gasteiger partial charge in [0.1, 0.15) is 11.8 Å². The third-order valence-corrected chi connectivity index (χ3v) is 5.32.